The summed E-state index contributed by atoms with van der Waals surface area (Å²) in [5.41, 5.74) is 15.1. The molecule has 2 aliphatic carbocycles. The summed E-state index contributed by atoms with van der Waals surface area (Å²) >= 11 is 12.2. The van der Waals surface area contributed by atoms with Gasteiger partial charge in [-0.2, -0.15) is 9.97 Å². The van der Waals surface area contributed by atoms with Gasteiger partial charge in [-0.05, 0) is 62.3 Å². The molecule has 38 heavy (non-hydrogen) atoms. The third-order valence-electron chi connectivity index (χ3n) is 7.26. The second kappa shape index (κ2) is 14.9. The molecule has 3 aromatic rings. The fraction of sp³-hybridized carbons (Fsp3) is 0.560. The molecule has 0 atom stereocenters. The van der Waals surface area contributed by atoms with Crippen molar-refractivity contribution in [3.05, 3.63) is 39.6 Å². The molecule has 0 unspecified atom stereocenters. The van der Waals surface area contributed by atoms with Crippen LogP contribution in [0.5, 0.6) is 0 Å². The van der Waals surface area contributed by atoms with Crippen molar-refractivity contribution in [1.29, 1.82) is 0 Å². The lowest BCUT2D eigenvalue weighted by Crippen LogP contribution is -2.27. The SMILES string of the molecule is Cl.Cl.Cl.Nc1nc(NCCNCc2cc(Cl)cc(Cl)c2)c2nc(C3CCC(N)CC3)n(C3CCCC3)c2n1. The number of nitrogens with two attached hydrogens (primary N) is 2. The highest BCUT2D eigenvalue weighted by atomic mass is 35.5. The van der Waals surface area contributed by atoms with Crippen molar-refractivity contribution in [2.45, 2.75) is 75.9 Å². The molecule has 0 bridgehead atoms. The zero-order valence-corrected chi connectivity index (χ0v) is 25.1. The minimum atomic E-state index is 0. The quantitative estimate of drug-likeness (QED) is 0.217. The largest absolute Gasteiger partial charge is 0.368 e. The maximum atomic E-state index is 6.19. The summed E-state index contributed by atoms with van der Waals surface area (Å²) < 4.78 is 2.38. The molecule has 2 aromatic heterocycles. The maximum Gasteiger partial charge on any atom is 0.224 e. The number of nitrogen functional groups attached to an aromatic ring is 1. The number of imidazole rings is 1. The van der Waals surface area contributed by atoms with Crippen LogP contribution in [0.4, 0.5) is 11.8 Å². The van der Waals surface area contributed by atoms with Crippen LogP contribution in [0.25, 0.3) is 11.2 Å². The third-order valence-corrected chi connectivity index (χ3v) is 7.69. The van der Waals surface area contributed by atoms with E-state index in [2.05, 4.69) is 25.2 Å². The van der Waals surface area contributed by atoms with Crippen molar-refractivity contribution in [2.24, 2.45) is 5.73 Å². The van der Waals surface area contributed by atoms with Crippen molar-refractivity contribution in [3.8, 4) is 0 Å². The normalized spacial score (nSPS) is 19.4. The molecule has 212 valence electrons. The van der Waals surface area contributed by atoms with Crippen molar-refractivity contribution in [1.82, 2.24) is 24.8 Å². The standard InChI is InChI=1S/C25H34Cl2N8.3ClH/c26-17-11-15(12-18(27)13-17)14-30-9-10-31-22-21-24(34-25(29)33-22)35(20-3-1-2-4-20)23(32-21)16-5-7-19(28)8-6-16;;;/h11-13,16,19-20,30H,1-10,14,28H2,(H3,29,31,33,34);3*1H. The van der Waals surface area contributed by atoms with Gasteiger partial charge in [-0.3, -0.25) is 0 Å². The van der Waals surface area contributed by atoms with E-state index in [4.69, 9.17) is 39.7 Å². The van der Waals surface area contributed by atoms with E-state index in [9.17, 15) is 0 Å². The second-order valence-corrected chi connectivity index (χ2v) is 10.7. The van der Waals surface area contributed by atoms with Crippen molar-refractivity contribution in [2.75, 3.05) is 24.1 Å². The molecule has 2 fully saturated rings. The molecule has 5 rings (SSSR count). The lowest BCUT2D eigenvalue weighted by atomic mass is 9.86. The van der Waals surface area contributed by atoms with Gasteiger partial charge in [0.15, 0.2) is 17.0 Å². The number of hydrogen-bond donors (Lipinski definition) is 4. The molecule has 6 N–H and O–H groups in total. The van der Waals surface area contributed by atoms with Crippen LogP contribution >= 0.6 is 60.4 Å². The molecule has 8 nitrogen and oxygen atoms in total. The van der Waals surface area contributed by atoms with Gasteiger partial charge in [0.2, 0.25) is 5.95 Å². The van der Waals surface area contributed by atoms with Gasteiger partial charge in [0.1, 0.15) is 5.82 Å². The third kappa shape index (κ3) is 7.68. The van der Waals surface area contributed by atoms with Crippen LogP contribution in [0.3, 0.4) is 0 Å². The van der Waals surface area contributed by atoms with Gasteiger partial charge in [0.25, 0.3) is 0 Å². The lowest BCUT2D eigenvalue weighted by Gasteiger charge is -2.27. The van der Waals surface area contributed by atoms with E-state index in [0.29, 0.717) is 47.0 Å². The first-order chi connectivity index (χ1) is 17.0. The fourth-order valence-corrected chi connectivity index (χ4v) is 6.11. The van der Waals surface area contributed by atoms with Crippen molar-refractivity contribution < 1.29 is 0 Å². The highest BCUT2D eigenvalue weighted by Crippen LogP contribution is 2.40. The number of anilines is 2. The van der Waals surface area contributed by atoms with Crippen LogP contribution in [0, 0.1) is 0 Å². The van der Waals surface area contributed by atoms with E-state index in [1.807, 2.05) is 12.1 Å². The minimum Gasteiger partial charge on any atom is -0.368 e. The molecule has 2 saturated carbocycles. The molecule has 2 heterocycles. The summed E-state index contributed by atoms with van der Waals surface area (Å²) in [5, 5.41) is 8.13. The van der Waals surface area contributed by atoms with Crippen molar-refractivity contribution >= 4 is 83.4 Å². The predicted octanol–water partition coefficient (Wildman–Crippen LogP) is 6.28. The molecule has 2 aliphatic rings. The Labute approximate surface area is 252 Å². The van der Waals surface area contributed by atoms with E-state index in [1.54, 1.807) is 6.07 Å². The fourth-order valence-electron chi connectivity index (χ4n) is 5.53. The first-order valence-corrected chi connectivity index (χ1v) is 13.4. The summed E-state index contributed by atoms with van der Waals surface area (Å²) in [6.45, 7) is 2.07. The molecule has 0 spiro atoms. The van der Waals surface area contributed by atoms with E-state index < -0.39 is 0 Å². The molecular weight excluding hydrogens is 590 g/mol. The summed E-state index contributed by atoms with van der Waals surface area (Å²) in [6.07, 6.45) is 9.04. The topological polar surface area (TPSA) is 120 Å². The zero-order valence-electron chi connectivity index (χ0n) is 21.2. The highest BCUT2D eigenvalue weighted by molar-refractivity contribution is 6.34. The van der Waals surface area contributed by atoms with Gasteiger partial charge >= 0.3 is 0 Å². The van der Waals surface area contributed by atoms with Crippen LogP contribution < -0.4 is 22.1 Å². The molecule has 1 aromatic carbocycles. The van der Waals surface area contributed by atoms with E-state index >= 15 is 0 Å². The van der Waals surface area contributed by atoms with E-state index in [1.165, 1.54) is 12.8 Å². The number of aromatic nitrogens is 4. The van der Waals surface area contributed by atoms with Crippen LogP contribution in [-0.2, 0) is 6.54 Å². The zero-order chi connectivity index (χ0) is 24.4. The summed E-state index contributed by atoms with van der Waals surface area (Å²) in [6, 6.07) is 6.30. The van der Waals surface area contributed by atoms with Gasteiger partial charge in [-0.25, -0.2) is 4.98 Å². The second-order valence-electron chi connectivity index (χ2n) is 9.87. The van der Waals surface area contributed by atoms with Gasteiger partial charge in [-0.1, -0.05) is 36.0 Å². The number of hydrogen-bond acceptors (Lipinski definition) is 7. The Balaban J connectivity index is 0.00000169. The summed E-state index contributed by atoms with van der Waals surface area (Å²) in [4.78, 5) is 14.3. The summed E-state index contributed by atoms with van der Waals surface area (Å²) in [5.74, 6) is 2.52. The minimum absolute atomic E-state index is 0. The average molecular weight is 627 g/mol. The number of rotatable bonds is 8. The molecule has 0 amide bonds. The number of benzene rings is 1. The number of halogens is 5. The molecule has 0 saturated heterocycles. The Morgan fingerprint density at radius 2 is 1.53 bits per heavy atom. The Bertz CT molecular complexity index is 1160. The predicted molar refractivity (Wildman–Crippen MR) is 165 cm³/mol. The van der Waals surface area contributed by atoms with Crippen LogP contribution in [0.1, 0.15) is 74.7 Å². The Kier molecular flexibility index (Phi) is 13.0. The smallest absolute Gasteiger partial charge is 0.224 e. The van der Waals surface area contributed by atoms with E-state index in [0.717, 1.165) is 67.6 Å². The lowest BCUT2D eigenvalue weighted by molar-refractivity contribution is 0.367. The number of nitrogens with one attached hydrogen (secondary N) is 2. The molecule has 0 radical (unpaired) electrons. The van der Waals surface area contributed by atoms with Gasteiger partial charge < -0.3 is 26.7 Å². The van der Waals surface area contributed by atoms with Gasteiger partial charge in [0, 0.05) is 47.7 Å². The van der Waals surface area contributed by atoms with Crippen LogP contribution in [-0.4, -0.2) is 38.7 Å². The van der Waals surface area contributed by atoms with Crippen LogP contribution in [0.2, 0.25) is 10.0 Å². The molecular formula is C25H37Cl5N8. The van der Waals surface area contributed by atoms with E-state index in [-0.39, 0.29) is 43.2 Å². The summed E-state index contributed by atoms with van der Waals surface area (Å²) in [7, 11) is 0. The first kappa shape index (κ1) is 32.9. The van der Waals surface area contributed by atoms with Crippen molar-refractivity contribution in [3.63, 3.8) is 0 Å². The van der Waals surface area contributed by atoms with Crippen LogP contribution in [0.15, 0.2) is 18.2 Å². The highest BCUT2D eigenvalue weighted by Gasteiger charge is 2.31. The van der Waals surface area contributed by atoms with Gasteiger partial charge in [0.05, 0.1) is 0 Å². The monoisotopic (exact) mass is 624 g/mol. The Hall–Kier alpha value is -1.26. The average Bonchev–Trinajstić information content (AvgIpc) is 3.46. The van der Waals surface area contributed by atoms with Gasteiger partial charge in [-0.15, -0.1) is 37.2 Å². The number of nitrogens with zero attached hydrogens (tertiary/aromatic N) is 4. The molecule has 0 aliphatic heterocycles. The Morgan fingerprint density at radius 3 is 2.18 bits per heavy atom. The Morgan fingerprint density at radius 1 is 0.868 bits per heavy atom. The number of fused-ring (bicyclic) bond motifs is 1. The first-order valence-electron chi connectivity index (χ1n) is 12.7. The molecule has 13 heteroatoms. The maximum absolute atomic E-state index is 6.19.